The first-order valence-electron chi connectivity index (χ1n) is 7.62. The molecule has 0 aliphatic heterocycles. The molecule has 0 aliphatic rings. The fourth-order valence-electron chi connectivity index (χ4n) is 1.94. The molecule has 134 valence electrons. The van der Waals surface area contributed by atoms with E-state index >= 15 is 0 Å². The third kappa shape index (κ3) is 6.39. The highest BCUT2D eigenvalue weighted by molar-refractivity contribution is 5.46. The van der Waals surface area contributed by atoms with E-state index in [-0.39, 0.29) is 23.5 Å². The molecule has 0 atom stereocenters. The smallest absolute Gasteiger partial charge is 0.416 e. The van der Waals surface area contributed by atoms with Crippen LogP contribution in [0.15, 0.2) is 12.1 Å². The van der Waals surface area contributed by atoms with Gasteiger partial charge >= 0.3 is 6.18 Å². The fourth-order valence-corrected chi connectivity index (χ4v) is 1.94. The SMILES string of the molecule is CC.CNC(C)(C)COCc1ccc(C(F)(F)F)c(C)c1OC. The lowest BCUT2D eigenvalue weighted by atomic mass is 10.0. The Kier molecular flexibility index (Phi) is 8.63. The van der Waals surface area contributed by atoms with Crippen LogP contribution in [0.1, 0.15) is 44.4 Å². The third-order valence-corrected chi connectivity index (χ3v) is 3.39. The second-order valence-electron chi connectivity index (χ2n) is 5.55. The average molecular weight is 335 g/mol. The number of likely N-dealkylation sites (N-methyl/N-ethyl adjacent to an activating group) is 1. The van der Waals surface area contributed by atoms with Crippen LogP contribution in [0.25, 0.3) is 0 Å². The molecule has 0 fully saturated rings. The Hall–Kier alpha value is -1.27. The first-order chi connectivity index (χ1) is 10.6. The van der Waals surface area contributed by atoms with Crippen LogP contribution in [-0.4, -0.2) is 26.3 Å². The van der Waals surface area contributed by atoms with Crippen molar-refractivity contribution in [2.45, 2.75) is 52.9 Å². The molecule has 23 heavy (non-hydrogen) atoms. The minimum atomic E-state index is -4.38. The van der Waals surface area contributed by atoms with Crippen molar-refractivity contribution in [3.63, 3.8) is 0 Å². The minimum absolute atomic E-state index is 0.0824. The average Bonchev–Trinajstić information content (AvgIpc) is 2.48. The molecule has 0 bridgehead atoms. The third-order valence-electron chi connectivity index (χ3n) is 3.39. The van der Waals surface area contributed by atoms with E-state index in [4.69, 9.17) is 9.47 Å². The summed E-state index contributed by atoms with van der Waals surface area (Å²) in [5, 5.41) is 3.09. The molecule has 0 unspecified atom stereocenters. The molecule has 6 heteroatoms. The van der Waals surface area contributed by atoms with E-state index < -0.39 is 11.7 Å². The maximum Gasteiger partial charge on any atom is 0.416 e. The summed E-state index contributed by atoms with van der Waals surface area (Å²) in [5.74, 6) is 0.229. The summed E-state index contributed by atoms with van der Waals surface area (Å²) in [7, 11) is 3.19. The minimum Gasteiger partial charge on any atom is -0.496 e. The summed E-state index contributed by atoms with van der Waals surface area (Å²) in [4.78, 5) is 0. The standard InChI is InChI=1S/C15H22F3NO2.C2H6/c1-10-12(15(16,17)18)7-6-11(13(10)20-5)8-21-9-14(2,3)19-4;1-2/h6-7,19H,8-9H2,1-5H3;1-2H3. The van der Waals surface area contributed by atoms with Crippen LogP contribution in [0.2, 0.25) is 0 Å². The van der Waals surface area contributed by atoms with E-state index in [2.05, 4.69) is 5.32 Å². The van der Waals surface area contributed by atoms with E-state index in [1.165, 1.54) is 20.1 Å². The summed E-state index contributed by atoms with van der Waals surface area (Å²) >= 11 is 0. The molecule has 1 aromatic carbocycles. The Labute approximate surface area is 137 Å². The zero-order valence-corrected chi connectivity index (χ0v) is 15.0. The van der Waals surface area contributed by atoms with Crippen molar-refractivity contribution >= 4 is 0 Å². The van der Waals surface area contributed by atoms with Crippen LogP contribution in [0.4, 0.5) is 13.2 Å². The van der Waals surface area contributed by atoms with Gasteiger partial charge in [-0.1, -0.05) is 19.9 Å². The summed E-state index contributed by atoms with van der Waals surface area (Å²) in [6.45, 7) is 9.99. The lowest BCUT2D eigenvalue weighted by molar-refractivity contribution is -0.138. The highest BCUT2D eigenvalue weighted by Crippen LogP contribution is 2.37. The number of halogens is 3. The molecular weight excluding hydrogens is 307 g/mol. The van der Waals surface area contributed by atoms with E-state index in [9.17, 15) is 13.2 Å². The van der Waals surface area contributed by atoms with Crippen LogP contribution in [0.3, 0.4) is 0 Å². The van der Waals surface area contributed by atoms with E-state index in [0.29, 0.717) is 12.2 Å². The van der Waals surface area contributed by atoms with Gasteiger partial charge in [0.1, 0.15) is 5.75 Å². The van der Waals surface area contributed by atoms with Crippen LogP contribution >= 0.6 is 0 Å². The number of nitrogens with one attached hydrogen (secondary N) is 1. The van der Waals surface area contributed by atoms with Gasteiger partial charge in [0.05, 0.1) is 25.9 Å². The summed E-state index contributed by atoms with van der Waals surface area (Å²) in [6.07, 6.45) is -4.38. The lowest BCUT2D eigenvalue weighted by Crippen LogP contribution is -2.40. The van der Waals surface area contributed by atoms with Crippen molar-refractivity contribution in [2.75, 3.05) is 20.8 Å². The topological polar surface area (TPSA) is 30.5 Å². The molecular formula is C17H28F3NO2. The van der Waals surface area contributed by atoms with Crippen LogP contribution in [0.5, 0.6) is 5.75 Å². The second kappa shape index (κ2) is 9.13. The molecule has 0 saturated heterocycles. The molecule has 0 heterocycles. The van der Waals surface area contributed by atoms with Crippen molar-refractivity contribution in [1.82, 2.24) is 5.32 Å². The summed E-state index contributed by atoms with van der Waals surface area (Å²) in [6, 6.07) is 2.47. The monoisotopic (exact) mass is 335 g/mol. The van der Waals surface area contributed by atoms with E-state index in [1.807, 2.05) is 34.7 Å². The van der Waals surface area contributed by atoms with E-state index in [1.54, 1.807) is 0 Å². The molecule has 0 aromatic heterocycles. The molecule has 0 aliphatic carbocycles. The predicted octanol–water partition coefficient (Wildman–Crippen LogP) is 4.56. The van der Waals surface area contributed by atoms with Gasteiger partial charge in [-0.2, -0.15) is 13.2 Å². The first-order valence-corrected chi connectivity index (χ1v) is 7.62. The largest absolute Gasteiger partial charge is 0.496 e. The number of ether oxygens (including phenoxy) is 2. The molecule has 0 spiro atoms. The predicted molar refractivity (Wildman–Crippen MR) is 86.9 cm³/mol. The van der Waals surface area contributed by atoms with Gasteiger partial charge in [-0.3, -0.25) is 0 Å². The Morgan fingerprint density at radius 3 is 2.13 bits per heavy atom. The Bertz CT molecular complexity index is 485. The Morgan fingerprint density at radius 2 is 1.70 bits per heavy atom. The van der Waals surface area contributed by atoms with Gasteiger partial charge in [0, 0.05) is 16.7 Å². The normalized spacial score (nSPS) is 11.7. The molecule has 0 radical (unpaired) electrons. The molecule has 1 rings (SSSR count). The molecule has 1 aromatic rings. The van der Waals surface area contributed by atoms with Gasteiger partial charge in [0.2, 0.25) is 0 Å². The number of alkyl halides is 3. The molecule has 0 amide bonds. The quantitative estimate of drug-likeness (QED) is 0.826. The van der Waals surface area contributed by atoms with Crippen molar-refractivity contribution in [2.24, 2.45) is 0 Å². The van der Waals surface area contributed by atoms with Gasteiger partial charge < -0.3 is 14.8 Å². The van der Waals surface area contributed by atoms with Crippen molar-refractivity contribution in [3.05, 3.63) is 28.8 Å². The number of hydrogen-bond donors (Lipinski definition) is 1. The van der Waals surface area contributed by atoms with Gasteiger partial charge in [0.15, 0.2) is 0 Å². The number of hydrogen-bond acceptors (Lipinski definition) is 3. The van der Waals surface area contributed by atoms with Crippen molar-refractivity contribution in [1.29, 1.82) is 0 Å². The molecule has 3 nitrogen and oxygen atoms in total. The second-order valence-corrected chi connectivity index (χ2v) is 5.55. The highest BCUT2D eigenvalue weighted by Gasteiger charge is 2.34. The van der Waals surface area contributed by atoms with E-state index in [0.717, 1.165) is 6.07 Å². The van der Waals surface area contributed by atoms with Crippen molar-refractivity contribution < 1.29 is 22.6 Å². The van der Waals surface area contributed by atoms with Crippen LogP contribution < -0.4 is 10.1 Å². The first kappa shape index (κ1) is 21.7. The van der Waals surface area contributed by atoms with Gasteiger partial charge in [-0.15, -0.1) is 0 Å². The van der Waals surface area contributed by atoms with Crippen molar-refractivity contribution in [3.8, 4) is 5.75 Å². The summed E-state index contributed by atoms with van der Waals surface area (Å²) in [5.41, 5.74) is -0.193. The number of methoxy groups -OCH3 is 1. The maximum atomic E-state index is 12.9. The Balaban J connectivity index is 0.00000232. The van der Waals surface area contributed by atoms with Gasteiger partial charge in [-0.25, -0.2) is 0 Å². The summed E-state index contributed by atoms with van der Waals surface area (Å²) < 4.78 is 49.3. The zero-order chi connectivity index (χ0) is 18.3. The van der Waals surface area contributed by atoms with Crippen LogP contribution in [-0.2, 0) is 17.5 Å². The van der Waals surface area contributed by atoms with Crippen LogP contribution in [0, 0.1) is 6.92 Å². The Morgan fingerprint density at radius 1 is 1.13 bits per heavy atom. The number of rotatable bonds is 6. The lowest BCUT2D eigenvalue weighted by Gasteiger charge is -2.24. The number of benzene rings is 1. The highest BCUT2D eigenvalue weighted by atomic mass is 19.4. The molecule has 0 saturated carbocycles. The molecule has 1 N–H and O–H groups in total. The zero-order valence-electron chi connectivity index (χ0n) is 15.0. The maximum absolute atomic E-state index is 12.9. The van der Waals surface area contributed by atoms with Gasteiger partial charge in [-0.05, 0) is 33.9 Å². The fraction of sp³-hybridized carbons (Fsp3) is 0.647. The van der Waals surface area contributed by atoms with Gasteiger partial charge in [0.25, 0.3) is 0 Å².